The molecule has 0 aliphatic carbocycles. The minimum atomic E-state index is -3.10. The van der Waals surface area contributed by atoms with E-state index in [-0.39, 0.29) is 0 Å². The lowest BCUT2D eigenvalue weighted by molar-refractivity contribution is 0.0426. The molecule has 0 aromatic rings. The Hall–Kier alpha value is -0.820. The highest BCUT2D eigenvalue weighted by Crippen LogP contribution is 1.99. The molecule has 0 saturated carbocycles. The number of hydrogen-bond donors (Lipinski definition) is 1. The first-order chi connectivity index (χ1) is 5.70. The molecular weight excluding hydrogens is 186 g/mol. The monoisotopic (exact) mass is 195 g/mol. The van der Waals surface area contributed by atoms with Crippen LogP contribution in [-0.2, 0) is 19.9 Å². The van der Waals surface area contributed by atoms with Gasteiger partial charge in [0, 0.05) is 13.1 Å². The minimum absolute atomic E-state index is 0.377. The Bertz CT molecular complexity index is 224. The fourth-order valence-corrected chi connectivity index (χ4v) is 1.11. The number of nitrogens with zero attached hydrogens (tertiary/aromatic N) is 1. The number of carbonyl (C=O) groups is 1. The quantitative estimate of drug-likeness (QED) is 0.542. The molecule has 12 heavy (non-hydrogen) atoms. The molecule has 0 atom stereocenters. The molecule has 1 aliphatic heterocycles. The van der Waals surface area contributed by atoms with Gasteiger partial charge in [0.05, 0.1) is 13.2 Å². The van der Waals surface area contributed by atoms with Crippen LogP contribution < -0.4 is 0 Å². The van der Waals surface area contributed by atoms with Crippen molar-refractivity contribution in [2.75, 3.05) is 26.3 Å². The van der Waals surface area contributed by atoms with Gasteiger partial charge in [0.25, 0.3) is 0 Å². The highest BCUT2D eigenvalue weighted by Gasteiger charge is 2.18. The number of thiol groups is 1. The van der Waals surface area contributed by atoms with E-state index in [0.29, 0.717) is 26.3 Å². The second kappa shape index (κ2) is 4.27. The lowest BCUT2D eigenvalue weighted by atomic mass is 10.5. The molecule has 7 heteroatoms. The lowest BCUT2D eigenvalue weighted by Crippen LogP contribution is -2.40. The molecule has 70 valence electrons. The standard InChI is InChI=1S/C5H9NO5S/c7-5(11-12(8)9)6-1-3-10-4-2-6/h12H,1-4H2. The Morgan fingerprint density at radius 1 is 1.33 bits per heavy atom. The van der Waals surface area contributed by atoms with Crippen molar-refractivity contribution in [3.8, 4) is 0 Å². The average molecular weight is 195 g/mol. The van der Waals surface area contributed by atoms with Gasteiger partial charge < -0.3 is 13.8 Å². The smallest absolute Gasteiger partial charge is 0.378 e. The Balaban J connectivity index is 2.39. The van der Waals surface area contributed by atoms with Gasteiger partial charge >= 0.3 is 17.1 Å². The summed E-state index contributed by atoms with van der Waals surface area (Å²) in [6, 6.07) is 0. The zero-order valence-corrected chi connectivity index (χ0v) is 7.16. The minimum Gasteiger partial charge on any atom is -0.378 e. The van der Waals surface area contributed by atoms with E-state index in [1.807, 2.05) is 0 Å². The molecule has 1 heterocycles. The van der Waals surface area contributed by atoms with Crippen molar-refractivity contribution < 1.29 is 22.1 Å². The maximum atomic E-state index is 10.9. The van der Waals surface area contributed by atoms with E-state index in [1.165, 1.54) is 4.90 Å². The van der Waals surface area contributed by atoms with E-state index in [1.54, 1.807) is 0 Å². The number of rotatable bonds is 1. The van der Waals surface area contributed by atoms with Crippen molar-refractivity contribution in [3.05, 3.63) is 0 Å². The van der Waals surface area contributed by atoms with Gasteiger partial charge in [-0.2, -0.15) is 8.42 Å². The highest BCUT2D eigenvalue weighted by molar-refractivity contribution is 7.67. The van der Waals surface area contributed by atoms with E-state index < -0.39 is 17.1 Å². The van der Waals surface area contributed by atoms with Gasteiger partial charge in [0.1, 0.15) is 0 Å². The van der Waals surface area contributed by atoms with Crippen molar-refractivity contribution in [2.24, 2.45) is 0 Å². The second-order valence-electron chi connectivity index (χ2n) is 2.18. The van der Waals surface area contributed by atoms with Crippen LogP contribution in [0.25, 0.3) is 0 Å². The normalized spacial score (nSPS) is 17.9. The molecule has 0 bridgehead atoms. The van der Waals surface area contributed by atoms with Crippen LogP contribution in [0.3, 0.4) is 0 Å². The summed E-state index contributed by atoms with van der Waals surface area (Å²) >= 11 is 0. The molecule has 6 nitrogen and oxygen atoms in total. The maximum Gasteiger partial charge on any atom is 0.425 e. The van der Waals surface area contributed by atoms with Crippen molar-refractivity contribution in [1.82, 2.24) is 4.90 Å². The Kier molecular flexibility index (Phi) is 3.30. The number of amides is 1. The maximum absolute atomic E-state index is 10.9. The van der Waals surface area contributed by atoms with E-state index in [4.69, 9.17) is 4.74 Å². The summed E-state index contributed by atoms with van der Waals surface area (Å²) in [5.74, 6) is 0. The van der Waals surface area contributed by atoms with Crippen LogP contribution in [0.5, 0.6) is 0 Å². The summed E-state index contributed by atoms with van der Waals surface area (Å²) in [4.78, 5) is 12.2. The van der Waals surface area contributed by atoms with E-state index in [2.05, 4.69) is 4.18 Å². The molecule has 1 aliphatic rings. The van der Waals surface area contributed by atoms with Gasteiger partial charge in [-0.25, -0.2) is 4.79 Å². The van der Waals surface area contributed by atoms with Gasteiger partial charge in [0.15, 0.2) is 0 Å². The zero-order chi connectivity index (χ0) is 8.97. The van der Waals surface area contributed by atoms with Crippen molar-refractivity contribution in [2.45, 2.75) is 0 Å². The third kappa shape index (κ3) is 2.67. The van der Waals surface area contributed by atoms with E-state index >= 15 is 0 Å². The first kappa shape index (κ1) is 9.27. The lowest BCUT2D eigenvalue weighted by Gasteiger charge is -2.24. The average Bonchev–Trinajstić information content (AvgIpc) is 2.05. The van der Waals surface area contributed by atoms with Gasteiger partial charge in [-0.1, -0.05) is 0 Å². The summed E-state index contributed by atoms with van der Waals surface area (Å²) in [7, 11) is -3.10. The summed E-state index contributed by atoms with van der Waals surface area (Å²) in [5.41, 5.74) is 0. The number of carbonyl (C=O) groups excluding carboxylic acids is 1. The topological polar surface area (TPSA) is 72.9 Å². The molecule has 1 saturated heterocycles. The Morgan fingerprint density at radius 3 is 2.42 bits per heavy atom. The van der Waals surface area contributed by atoms with Crippen molar-refractivity contribution in [3.63, 3.8) is 0 Å². The van der Waals surface area contributed by atoms with Gasteiger partial charge in [0.2, 0.25) is 0 Å². The highest BCUT2D eigenvalue weighted by atomic mass is 32.2. The molecule has 1 rings (SSSR count). The fourth-order valence-electron chi connectivity index (χ4n) is 0.867. The van der Waals surface area contributed by atoms with Crippen LogP contribution in [-0.4, -0.2) is 45.7 Å². The first-order valence-electron chi connectivity index (χ1n) is 3.39. The number of hydrogen-bond acceptors (Lipinski definition) is 5. The summed E-state index contributed by atoms with van der Waals surface area (Å²) < 4.78 is 28.9. The molecular formula is C5H9NO5S. The van der Waals surface area contributed by atoms with Crippen LogP contribution >= 0.6 is 0 Å². The molecule has 0 radical (unpaired) electrons. The van der Waals surface area contributed by atoms with E-state index in [9.17, 15) is 13.2 Å². The van der Waals surface area contributed by atoms with Gasteiger partial charge in [-0.05, 0) is 0 Å². The molecule has 0 aromatic heterocycles. The Labute approximate surface area is 71.2 Å². The molecule has 0 N–H and O–H groups in total. The van der Waals surface area contributed by atoms with Crippen LogP contribution in [0.2, 0.25) is 0 Å². The number of morpholine rings is 1. The van der Waals surface area contributed by atoms with Crippen LogP contribution in [0.4, 0.5) is 4.79 Å². The SMILES string of the molecule is O=C(O[SH](=O)=O)N1CCOCC1. The third-order valence-electron chi connectivity index (χ3n) is 1.42. The first-order valence-corrected chi connectivity index (χ1v) is 4.48. The zero-order valence-electron chi connectivity index (χ0n) is 6.26. The van der Waals surface area contributed by atoms with Crippen LogP contribution in [0, 0.1) is 0 Å². The summed E-state index contributed by atoms with van der Waals surface area (Å²) in [5, 5.41) is 0. The molecule has 0 spiro atoms. The molecule has 0 aromatic carbocycles. The molecule has 1 fully saturated rings. The molecule has 0 unspecified atom stereocenters. The van der Waals surface area contributed by atoms with E-state index in [0.717, 1.165) is 0 Å². The third-order valence-corrected chi connectivity index (χ3v) is 1.73. The largest absolute Gasteiger partial charge is 0.425 e. The van der Waals surface area contributed by atoms with Crippen LogP contribution in [0.1, 0.15) is 0 Å². The van der Waals surface area contributed by atoms with Gasteiger partial charge in [-0.15, -0.1) is 0 Å². The fraction of sp³-hybridized carbons (Fsp3) is 0.800. The summed E-state index contributed by atoms with van der Waals surface area (Å²) in [6.45, 7) is 1.60. The number of ether oxygens (including phenoxy) is 1. The van der Waals surface area contributed by atoms with Gasteiger partial charge in [-0.3, -0.25) is 0 Å². The second-order valence-corrected chi connectivity index (χ2v) is 2.81. The van der Waals surface area contributed by atoms with Crippen molar-refractivity contribution in [1.29, 1.82) is 0 Å². The predicted molar refractivity (Wildman–Crippen MR) is 39.2 cm³/mol. The predicted octanol–water partition coefficient (Wildman–Crippen LogP) is -1.02. The Morgan fingerprint density at radius 2 is 1.92 bits per heavy atom. The van der Waals surface area contributed by atoms with Crippen molar-refractivity contribution >= 4 is 17.1 Å². The molecule has 1 amide bonds. The summed E-state index contributed by atoms with van der Waals surface area (Å²) in [6.07, 6.45) is -0.825. The van der Waals surface area contributed by atoms with Crippen LogP contribution in [0.15, 0.2) is 0 Å².